The van der Waals surface area contributed by atoms with Crippen LogP contribution in [-0.2, 0) is 42.7 Å². The molecule has 51 heavy (non-hydrogen) atoms. The van der Waals surface area contributed by atoms with Crippen LogP contribution in [0.5, 0.6) is 0 Å². The summed E-state index contributed by atoms with van der Waals surface area (Å²) in [5.74, 6) is -1.36. The number of amides is 2. The Kier molecular flexibility index (Phi) is 14.8. The van der Waals surface area contributed by atoms with Crippen molar-refractivity contribution in [1.29, 1.82) is 0 Å². The van der Waals surface area contributed by atoms with E-state index < -0.39 is 161 Å². The summed E-state index contributed by atoms with van der Waals surface area (Å²) in [4.78, 5) is 23.7. The van der Waals surface area contributed by atoms with Gasteiger partial charge >= 0.3 is 0 Å². The van der Waals surface area contributed by atoms with Crippen molar-refractivity contribution in [3.63, 3.8) is 0 Å². The van der Waals surface area contributed by atoms with Gasteiger partial charge in [-0.3, -0.25) is 9.59 Å². The number of hydrogen-bond acceptors (Lipinski definition) is 21. The first-order valence-corrected chi connectivity index (χ1v) is 16.1. The molecule has 0 aromatic rings. The normalized spacial score (nSPS) is 47.8. The summed E-state index contributed by atoms with van der Waals surface area (Å²) in [6, 6.07) is -2.94. The second-order valence-corrected chi connectivity index (χ2v) is 12.7. The minimum Gasteiger partial charge on any atom is -0.394 e. The van der Waals surface area contributed by atoms with E-state index >= 15 is 0 Å². The smallest absolute Gasteiger partial charge is 0.217 e. The first-order valence-electron chi connectivity index (χ1n) is 16.1. The molecule has 0 spiro atoms. The second-order valence-electron chi connectivity index (χ2n) is 12.7. The highest BCUT2D eigenvalue weighted by molar-refractivity contribution is 5.73. The standard InChI is InChI=1S/C28H48N2O21/c1-7(34)29-13-17(38)23(10(4-32)46-25(13)44)50-28-22(43)20(41)16(37)12(49-28)6-45-26-14(30-8(2)35)18(39)24(11(5-33)48-26)51-27-21(42)19(40)15(36)9(3-31)47-27/h9-28,31-33,36-44H,3-6H2,1-2H3,(H,29,34)(H,30,35)/t9-,10-,11-,12-,13-,14-,15+,16+,17-,18-,19+,20+,21-,22-,23-,24-,25-,26+,27+,28+/m1/s1. The molecule has 23 nitrogen and oxygen atoms in total. The third kappa shape index (κ3) is 9.29. The molecular weight excluding hydrogens is 700 g/mol. The van der Waals surface area contributed by atoms with E-state index in [0.717, 1.165) is 13.8 Å². The summed E-state index contributed by atoms with van der Waals surface area (Å²) >= 11 is 0. The maximum atomic E-state index is 12.1. The van der Waals surface area contributed by atoms with E-state index in [1.165, 1.54) is 0 Å². The zero-order valence-electron chi connectivity index (χ0n) is 27.4. The van der Waals surface area contributed by atoms with Crippen molar-refractivity contribution in [3.8, 4) is 0 Å². The van der Waals surface area contributed by atoms with Crippen molar-refractivity contribution >= 4 is 11.8 Å². The van der Waals surface area contributed by atoms with E-state index in [1.807, 2.05) is 0 Å². The first-order chi connectivity index (χ1) is 24.0. The molecule has 23 heteroatoms. The first kappa shape index (κ1) is 41.9. The number of ether oxygens (including phenoxy) is 7. The lowest BCUT2D eigenvalue weighted by Gasteiger charge is -2.48. The topological polar surface area (TPSA) is 366 Å². The molecule has 4 saturated heterocycles. The van der Waals surface area contributed by atoms with Gasteiger partial charge in [-0.05, 0) is 0 Å². The van der Waals surface area contributed by atoms with E-state index in [9.17, 15) is 70.9 Å². The Labute approximate surface area is 289 Å². The van der Waals surface area contributed by atoms with Crippen LogP contribution in [0.15, 0.2) is 0 Å². The molecule has 0 unspecified atom stereocenters. The molecule has 20 atom stereocenters. The van der Waals surface area contributed by atoms with Gasteiger partial charge in [0.25, 0.3) is 0 Å². The highest BCUT2D eigenvalue weighted by Crippen LogP contribution is 2.32. The van der Waals surface area contributed by atoms with Crippen molar-refractivity contribution < 1.29 is 104 Å². The van der Waals surface area contributed by atoms with Gasteiger partial charge < -0.3 is 105 Å². The van der Waals surface area contributed by atoms with Crippen LogP contribution < -0.4 is 10.6 Å². The number of hydrogen-bond donors (Lipinski definition) is 14. The maximum Gasteiger partial charge on any atom is 0.217 e. The van der Waals surface area contributed by atoms with Crippen LogP contribution in [0, 0.1) is 0 Å². The summed E-state index contributed by atoms with van der Waals surface area (Å²) in [5.41, 5.74) is 0. The molecule has 4 heterocycles. The highest BCUT2D eigenvalue weighted by Gasteiger charge is 2.54. The Morgan fingerprint density at radius 2 is 0.922 bits per heavy atom. The Balaban J connectivity index is 1.48. The van der Waals surface area contributed by atoms with Gasteiger partial charge in [0.05, 0.1) is 26.4 Å². The average molecular weight is 749 g/mol. The maximum absolute atomic E-state index is 12.1. The Morgan fingerprint density at radius 1 is 0.510 bits per heavy atom. The van der Waals surface area contributed by atoms with Crippen LogP contribution in [-0.4, -0.2) is 222 Å². The Hall–Kier alpha value is -1.82. The van der Waals surface area contributed by atoms with E-state index in [2.05, 4.69) is 10.6 Å². The van der Waals surface area contributed by atoms with E-state index in [1.54, 1.807) is 0 Å². The number of rotatable bonds is 12. The summed E-state index contributed by atoms with van der Waals surface area (Å²) in [6.07, 6.45) is -30.8. The summed E-state index contributed by atoms with van der Waals surface area (Å²) in [7, 11) is 0. The van der Waals surface area contributed by atoms with Gasteiger partial charge in [0.15, 0.2) is 25.2 Å². The molecule has 4 aliphatic heterocycles. The molecule has 0 aromatic carbocycles. The molecule has 4 fully saturated rings. The van der Waals surface area contributed by atoms with Crippen molar-refractivity contribution in [2.24, 2.45) is 0 Å². The van der Waals surface area contributed by atoms with Gasteiger partial charge in [0, 0.05) is 13.8 Å². The summed E-state index contributed by atoms with van der Waals surface area (Å²) in [5, 5.41) is 129. The van der Waals surface area contributed by atoms with Crippen LogP contribution in [0.2, 0.25) is 0 Å². The van der Waals surface area contributed by atoms with Crippen molar-refractivity contribution in [3.05, 3.63) is 0 Å². The molecule has 0 bridgehead atoms. The number of aliphatic hydroxyl groups is 12. The molecule has 4 rings (SSSR count). The van der Waals surface area contributed by atoms with Gasteiger partial charge in [-0.25, -0.2) is 0 Å². The fraction of sp³-hybridized carbons (Fsp3) is 0.929. The second kappa shape index (κ2) is 18.0. The number of aliphatic hydroxyl groups excluding tert-OH is 12. The summed E-state index contributed by atoms with van der Waals surface area (Å²) in [6.45, 7) is -0.985. The number of carbonyl (C=O) groups excluding carboxylic acids is 2. The van der Waals surface area contributed by atoms with Gasteiger partial charge in [0.2, 0.25) is 11.8 Å². The van der Waals surface area contributed by atoms with Gasteiger partial charge in [0.1, 0.15) is 97.5 Å². The largest absolute Gasteiger partial charge is 0.394 e. The Bertz CT molecular complexity index is 1140. The quantitative estimate of drug-likeness (QED) is 0.0881. The lowest BCUT2D eigenvalue weighted by Crippen LogP contribution is -2.68. The molecule has 296 valence electrons. The van der Waals surface area contributed by atoms with Crippen LogP contribution in [0.3, 0.4) is 0 Å². The minimum atomic E-state index is -1.96. The van der Waals surface area contributed by atoms with Crippen LogP contribution in [0.4, 0.5) is 0 Å². The van der Waals surface area contributed by atoms with Crippen molar-refractivity contribution in [2.45, 2.75) is 137 Å². The molecular formula is C28H48N2O21. The summed E-state index contributed by atoms with van der Waals surface area (Å²) < 4.78 is 38.9. The lowest BCUT2D eigenvalue weighted by molar-refractivity contribution is -0.360. The zero-order chi connectivity index (χ0) is 37.9. The highest BCUT2D eigenvalue weighted by atomic mass is 16.8. The SMILES string of the molecule is CC(=O)N[C@@H]1[C@@H](O)[C@H](O[C@@H]2O[C@H](CO[C@H]3O[C@H](CO)[C@@H](O[C@@H]4O[C@H](CO)[C@H](O)[C@H](O)[C@H]4O)[C@H](O)[C@H]3NC(C)=O)[C@H](O)[C@H](O)[C@H]2O)[C@@H](CO)O[C@H]1O. The third-order valence-corrected chi connectivity index (χ3v) is 8.99. The zero-order valence-corrected chi connectivity index (χ0v) is 27.4. The van der Waals surface area contributed by atoms with Crippen LogP contribution in [0.25, 0.3) is 0 Å². The van der Waals surface area contributed by atoms with E-state index in [0.29, 0.717) is 0 Å². The van der Waals surface area contributed by atoms with Gasteiger partial charge in [-0.15, -0.1) is 0 Å². The fourth-order valence-electron chi connectivity index (χ4n) is 6.25. The van der Waals surface area contributed by atoms with E-state index in [4.69, 9.17) is 33.2 Å². The average Bonchev–Trinajstić information content (AvgIpc) is 3.09. The Morgan fingerprint density at radius 3 is 1.41 bits per heavy atom. The van der Waals surface area contributed by atoms with Gasteiger partial charge in [-0.1, -0.05) is 0 Å². The lowest BCUT2D eigenvalue weighted by atomic mass is 9.95. The predicted molar refractivity (Wildman–Crippen MR) is 157 cm³/mol. The number of nitrogens with one attached hydrogen (secondary N) is 2. The monoisotopic (exact) mass is 748 g/mol. The van der Waals surface area contributed by atoms with Crippen LogP contribution in [0.1, 0.15) is 13.8 Å². The van der Waals surface area contributed by atoms with E-state index in [-0.39, 0.29) is 0 Å². The molecule has 2 amide bonds. The fourth-order valence-corrected chi connectivity index (χ4v) is 6.25. The molecule has 14 N–H and O–H groups in total. The van der Waals surface area contributed by atoms with Crippen molar-refractivity contribution in [1.82, 2.24) is 10.6 Å². The molecule has 0 radical (unpaired) electrons. The number of carbonyl (C=O) groups is 2. The molecule has 0 aromatic heterocycles. The third-order valence-electron chi connectivity index (χ3n) is 8.99. The molecule has 0 saturated carbocycles. The molecule has 0 aliphatic carbocycles. The van der Waals surface area contributed by atoms with Gasteiger partial charge in [-0.2, -0.15) is 0 Å². The molecule has 4 aliphatic rings. The minimum absolute atomic E-state index is 0.657. The van der Waals surface area contributed by atoms with Crippen LogP contribution >= 0.6 is 0 Å². The predicted octanol–water partition coefficient (Wildman–Crippen LogP) is -9.46. The van der Waals surface area contributed by atoms with Crippen molar-refractivity contribution in [2.75, 3.05) is 26.4 Å².